The van der Waals surface area contributed by atoms with E-state index in [1.54, 1.807) is 12.3 Å². The van der Waals surface area contributed by atoms with Crippen molar-refractivity contribution >= 4 is 11.6 Å². The van der Waals surface area contributed by atoms with Gasteiger partial charge in [0.15, 0.2) is 0 Å². The van der Waals surface area contributed by atoms with Gasteiger partial charge in [-0.3, -0.25) is 4.79 Å². The zero-order valence-corrected chi connectivity index (χ0v) is 16.2. The predicted octanol–water partition coefficient (Wildman–Crippen LogP) is 3.95. The van der Waals surface area contributed by atoms with Crippen molar-refractivity contribution in [3.63, 3.8) is 0 Å². The molecule has 0 fully saturated rings. The largest absolute Gasteiger partial charge is 0.416 e. The number of hydrogen-bond donors (Lipinski definition) is 1. The zero-order valence-electron chi connectivity index (χ0n) is 16.2. The van der Waals surface area contributed by atoms with Crippen molar-refractivity contribution in [2.75, 3.05) is 20.3 Å². The normalized spacial score (nSPS) is 12.9. The minimum Gasteiger partial charge on any atom is -0.383 e. The van der Waals surface area contributed by atoms with Gasteiger partial charge in [-0.25, -0.2) is 4.98 Å². The van der Waals surface area contributed by atoms with E-state index in [1.165, 1.54) is 13.2 Å². The Bertz CT molecular complexity index is 998. The number of alkyl halides is 3. The molecule has 2 heterocycles. The minimum absolute atomic E-state index is 0.00679. The molecule has 0 aliphatic rings. The number of nitrogens with one attached hydrogen (secondary N) is 1. The van der Waals surface area contributed by atoms with E-state index in [4.69, 9.17) is 4.74 Å². The highest BCUT2D eigenvalue weighted by atomic mass is 19.4. The van der Waals surface area contributed by atoms with Crippen molar-refractivity contribution in [1.29, 1.82) is 0 Å². The van der Waals surface area contributed by atoms with Crippen LogP contribution >= 0.6 is 0 Å². The molecule has 0 saturated heterocycles. The summed E-state index contributed by atoms with van der Waals surface area (Å²) in [5, 5.41) is 2.74. The number of fused-ring (bicyclic) bond motifs is 1. The fourth-order valence-electron chi connectivity index (χ4n) is 3.35. The first-order chi connectivity index (χ1) is 13.8. The van der Waals surface area contributed by atoms with E-state index in [1.807, 2.05) is 29.5 Å². The molecule has 1 N–H and O–H groups in total. The number of nitrogens with zero attached hydrogens (tertiary/aromatic N) is 2. The second kappa shape index (κ2) is 8.65. The van der Waals surface area contributed by atoms with Crippen LogP contribution in [0.25, 0.3) is 5.65 Å². The Labute approximate surface area is 166 Å². The molecule has 0 spiro atoms. The van der Waals surface area contributed by atoms with Crippen LogP contribution in [-0.2, 0) is 15.7 Å². The van der Waals surface area contributed by atoms with Gasteiger partial charge < -0.3 is 14.5 Å². The number of carbonyl (C=O) groups excluding carboxylic acids is 1. The van der Waals surface area contributed by atoms with Gasteiger partial charge >= 0.3 is 6.18 Å². The second-order valence-electron chi connectivity index (χ2n) is 6.77. The summed E-state index contributed by atoms with van der Waals surface area (Å²) >= 11 is 0. The van der Waals surface area contributed by atoms with Crippen molar-refractivity contribution in [3.05, 3.63) is 71.2 Å². The number of aromatic nitrogens is 2. The monoisotopic (exact) mass is 405 g/mol. The van der Waals surface area contributed by atoms with Crippen molar-refractivity contribution in [1.82, 2.24) is 14.7 Å². The first-order valence-electron chi connectivity index (χ1n) is 9.17. The highest BCUT2D eigenvalue weighted by Gasteiger charge is 2.32. The SMILES string of the molecule is COCCNC(=O)CC(c1cccc(C(F)(F)F)c1)c1cnc2cccc(C)n12. The van der Waals surface area contributed by atoms with Gasteiger partial charge in [0.2, 0.25) is 5.91 Å². The third-order valence-corrected chi connectivity index (χ3v) is 4.74. The molecule has 29 heavy (non-hydrogen) atoms. The molecule has 1 atom stereocenters. The standard InChI is InChI=1S/C21H22F3N3O2/c1-14-5-3-8-19-26-13-18(27(14)19)17(12-20(28)25-9-10-29-2)15-6-4-7-16(11-15)21(22,23)24/h3-8,11,13,17H,9-10,12H2,1-2H3,(H,25,28). The van der Waals surface area contributed by atoms with Gasteiger partial charge in [0.1, 0.15) is 5.65 Å². The van der Waals surface area contributed by atoms with Gasteiger partial charge in [-0.15, -0.1) is 0 Å². The lowest BCUT2D eigenvalue weighted by Gasteiger charge is -2.19. The Hall–Kier alpha value is -2.87. The highest BCUT2D eigenvalue weighted by Crippen LogP contribution is 2.34. The lowest BCUT2D eigenvalue weighted by atomic mass is 9.91. The van der Waals surface area contributed by atoms with E-state index >= 15 is 0 Å². The van der Waals surface area contributed by atoms with Crippen LogP contribution in [0, 0.1) is 6.92 Å². The summed E-state index contributed by atoms with van der Waals surface area (Å²) in [4.78, 5) is 16.8. The van der Waals surface area contributed by atoms with Crippen LogP contribution in [0.2, 0.25) is 0 Å². The quantitative estimate of drug-likeness (QED) is 0.606. The number of imidazole rings is 1. The van der Waals surface area contributed by atoms with Crippen LogP contribution in [0.5, 0.6) is 0 Å². The number of pyridine rings is 1. The van der Waals surface area contributed by atoms with E-state index < -0.39 is 17.7 Å². The van der Waals surface area contributed by atoms with Gasteiger partial charge in [-0.1, -0.05) is 24.3 Å². The van der Waals surface area contributed by atoms with E-state index in [2.05, 4.69) is 10.3 Å². The summed E-state index contributed by atoms with van der Waals surface area (Å²) < 4.78 is 46.5. The Kier molecular flexibility index (Phi) is 6.22. The Morgan fingerprint density at radius 3 is 2.72 bits per heavy atom. The van der Waals surface area contributed by atoms with Crippen LogP contribution in [0.4, 0.5) is 13.2 Å². The molecule has 3 rings (SSSR count). The summed E-state index contributed by atoms with van der Waals surface area (Å²) in [5.74, 6) is -0.857. The second-order valence-corrected chi connectivity index (χ2v) is 6.77. The molecule has 154 valence electrons. The molecule has 1 amide bonds. The summed E-state index contributed by atoms with van der Waals surface area (Å²) in [5.41, 5.74) is 1.89. The van der Waals surface area contributed by atoms with Crippen LogP contribution in [0.3, 0.4) is 0 Å². The maximum atomic E-state index is 13.2. The highest BCUT2D eigenvalue weighted by molar-refractivity contribution is 5.77. The van der Waals surface area contributed by atoms with Crippen molar-refractivity contribution in [3.8, 4) is 0 Å². The molecule has 1 unspecified atom stereocenters. The number of benzene rings is 1. The van der Waals surface area contributed by atoms with E-state index in [0.717, 1.165) is 17.8 Å². The molecule has 2 aromatic heterocycles. The number of hydrogen-bond acceptors (Lipinski definition) is 3. The maximum Gasteiger partial charge on any atom is 0.416 e. The lowest BCUT2D eigenvalue weighted by molar-refractivity contribution is -0.137. The predicted molar refractivity (Wildman–Crippen MR) is 103 cm³/mol. The number of amides is 1. The molecule has 8 heteroatoms. The molecule has 1 aromatic carbocycles. The van der Waals surface area contributed by atoms with Gasteiger partial charge in [0, 0.05) is 37.9 Å². The van der Waals surface area contributed by atoms with Gasteiger partial charge in [-0.05, 0) is 30.7 Å². The molecule has 3 aromatic rings. The Morgan fingerprint density at radius 2 is 2.00 bits per heavy atom. The summed E-state index contributed by atoms with van der Waals surface area (Å²) in [6.07, 6.45) is -2.85. The summed E-state index contributed by atoms with van der Waals surface area (Å²) in [6, 6.07) is 10.7. The van der Waals surface area contributed by atoms with Gasteiger partial charge in [0.05, 0.1) is 17.9 Å². The number of carbonyl (C=O) groups is 1. The Morgan fingerprint density at radius 1 is 1.24 bits per heavy atom. The average molecular weight is 405 g/mol. The molecule has 0 saturated carbocycles. The molecular weight excluding hydrogens is 383 g/mol. The fraction of sp³-hybridized carbons (Fsp3) is 0.333. The molecule has 0 bridgehead atoms. The fourth-order valence-corrected chi connectivity index (χ4v) is 3.35. The minimum atomic E-state index is -4.46. The molecule has 0 radical (unpaired) electrons. The molecule has 0 aliphatic carbocycles. The number of ether oxygens (including phenoxy) is 1. The van der Waals surface area contributed by atoms with Crippen molar-refractivity contribution in [2.24, 2.45) is 0 Å². The van der Waals surface area contributed by atoms with Gasteiger partial charge in [0.25, 0.3) is 0 Å². The van der Waals surface area contributed by atoms with Crippen molar-refractivity contribution in [2.45, 2.75) is 25.4 Å². The third-order valence-electron chi connectivity index (χ3n) is 4.74. The van der Waals surface area contributed by atoms with E-state index in [9.17, 15) is 18.0 Å². The van der Waals surface area contributed by atoms with Gasteiger partial charge in [-0.2, -0.15) is 13.2 Å². The topological polar surface area (TPSA) is 55.6 Å². The average Bonchev–Trinajstić information content (AvgIpc) is 3.11. The maximum absolute atomic E-state index is 13.2. The van der Waals surface area contributed by atoms with Crippen molar-refractivity contribution < 1.29 is 22.7 Å². The van der Waals surface area contributed by atoms with E-state index in [0.29, 0.717) is 30.1 Å². The van der Waals surface area contributed by atoms with Crippen LogP contribution in [-0.4, -0.2) is 35.6 Å². The first kappa shape index (κ1) is 20.9. The number of halogens is 3. The van der Waals surface area contributed by atoms with Crippen LogP contribution in [0.1, 0.15) is 34.9 Å². The molecule has 0 aliphatic heterocycles. The first-order valence-corrected chi connectivity index (χ1v) is 9.17. The molecule has 5 nitrogen and oxygen atoms in total. The zero-order chi connectivity index (χ0) is 21.0. The number of rotatable bonds is 7. The third kappa shape index (κ3) is 4.76. The van der Waals surface area contributed by atoms with E-state index in [-0.39, 0.29) is 12.3 Å². The van der Waals surface area contributed by atoms with Crippen LogP contribution < -0.4 is 5.32 Å². The number of aryl methyl sites for hydroxylation is 1. The number of methoxy groups -OCH3 is 1. The van der Waals surface area contributed by atoms with Crippen LogP contribution in [0.15, 0.2) is 48.7 Å². The summed E-state index contributed by atoms with van der Waals surface area (Å²) in [6.45, 7) is 2.57. The Balaban J connectivity index is 2.04. The smallest absolute Gasteiger partial charge is 0.383 e. The summed E-state index contributed by atoms with van der Waals surface area (Å²) in [7, 11) is 1.53. The lowest BCUT2D eigenvalue weighted by Crippen LogP contribution is -2.28. The molecular formula is C21H22F3N3O2.